The Bertz CT molecular complexity index is 739. The first kappa shape index (κ1) is 22.3. The lowest BCUT2D eigenvalue weighted by atomic mass is 10.3. The Morgan fingerprint density at radius 2 is 2.11 bits per heavy atom. The molecule has 7 nitrogen and oxygen atoms in total. The summed E-state index contributed by atoms with van der Waals surface area (Å²) in [4.78, 5) is 36.5. The van der Waals surface area contributed by atoms with Crippen molar-refractivity contribution in [1.29, 1.82) is 0 Å². The molecule has 1 aromatic rings. The van der Waals surface area contributed by atoms with Crippen LogP contribution < -0.4 is 4.74 Å². The van der Waals surface area contributed by atoms with Crippen LogP contribution in [-0.4, -0.2) is 55.4 Å². The molecule has 0 aromatic heterocycles. The van der Waals surface area contributed by atoms with E-state index in [-0.39, 0.29) is 24.9 Å². The summed E-state index contributed by atoms with van der Waals surface area (Å²) in [6.45, 7) is 1.02. The molecule has 1 heterocycles. The highest BCUT2D eigenvalue weighted by atomic mass is 79.9. The van der Waals surface area contributed by atoms with Crippen molar-refractivity contribution in [2.24, 2.45) is 0 Å². The smallest absolute Gasteiger partial charge is 0.333 e. The molecule has 152 valence electrons. The summed E-state index contributed by atoms with van der Waals surface area (Å²) in [6.07, 6.45) is 2.61. The number of hydrogen-bond donors (Lipinski definition) is 0. The van der Waals surface area contributed by atoms with E-state index in [0.29, 0.717) is 36.8 Å². The van der Waals surface area contributed by atoms with E-state index in [1.54, 1.807) is 0 Å². The third kappa shape index (κ3) is 7.55. The maximum atomic E-state index is 11.9. The van der Waals surface area contributed by atoms with E-state index in [1.165, 1.54) is 29.8 Å². The fourth-order valence-corrected chi connectivity index (χ4v) is 3.71. The predicted octanol–water partition coefficient (Wildman–Crippen LogP) is 3.13. The predicted molar refractivity (Wildman–Crippen MR) is 109 cm³/mol. The van der Waals surface area contributed by atoms with Crippen molar-refractivity contribution in [3.63, 3.8) is 0 Å². The summed E-state index contributed by atoms with van der Waals surface area (Å²) >= 11 is 4.66. The Kier molecular flexibility index (Phi) is 9.36. The molecule has 0 saturated carbocycles. The van der Waals surface area contributed by atoms with Gasteiger partial charge in [0.2, 0.25) is 5.91 Å². The minimum absolute atomic E-state index is 0.0730. The molecular formula is C19H22BrNO6S. The van der Waals surface area contributed by atoms with Crippen LogP contribution in [0.25, 0.3) is 0 Å². The molecule has 0 unspecified atom stereocenters. The van der Waals surface area contributed by atoms with Crippen LogP contribution in [0.15, 0.2) is 39.8 Å². The van der Waals surface area contributed by atoms with Gasteiger partial charge >= 0.3 is 11.9 Å². The van der Waals surface area contributed by atoms with Gasteiger partial charge in [0.15, 0.2) is 0 Å². The standard InChI is InChI=1S/C19H22BrNO6S/c1-25-19(24)12-17-21(16(22)13-28-17)8-4-10-27-18(23)7-3-9-26-15-6-2-5-14(20)11-15/h2,5-6,11-12H,3-4,7-10,13H2,1H3/b17-12+. The number of nitrogens with zero attached hydrogens (tertiary/aromatic N) is 1. The van der Waals surface area contributed by atoms with E-state index in [4.69, 9.17) is 9.47 Å². The first-order valence-electron chi connectivity index (χ1n) is 8.76. The van der Waals surface area contributed by atoms with Crippen molar-refractivity contribution in [3.8, 4) is 5.75 Å². The molecule has 1 aromatic carbocycles. The molecule has 0 atom stereocenters. The molecule has 1 amide bonds. The van der Waals surface area contributed by atoms with Gasteiger partial charge in [-0.3, -0.25) is 9.59 Å². The minimum Gasteiger partial charge on any atom is -0.494 e. The first-order chi connectivity index (χ1) is 13.5. The second-order valence-electron chi connectivity index (χ2n) is 5.82. The van der Waals surface area contributed by atoms with Crippen molar-refractivity contribution in [2.75, 3.05) is 32.6 Å². The fourth-order valence-electron chi connectivity index (χ4n) is 2.37. The van der Waals surface area contributed by atoms with E-state index in [1.807, 2.05) is 24.3 Å². The average molecular weight is 472 g/mol. The van der Waals surface area contributed by atoms with E-state index in [9.17, 15) is 14.4 Å². The highest BCUT2D eigenvalue weighted by Crippen LogP contribution is 2.28. The quantitative estimate of drug-likeness (QED) is 0.294. The van der Waals surface area contributed by atoms with Gasteiger partial charge in [-0.2, -0.15) is 0 Å². The second-order valence-corrected chi connectivity index (χ2v) is 7.73. The van der Waals surface area contributed by atoms with E-state index in [0.717, 1.165) is 10.2 Å². The zero-order valence-corrected chi connectivity index (χ0v) is 17.9. The Morgan fingerprint density at radius 3 is 2.86 bits per heavy atom. The minimum atomic E-state index is -0.501. The number of methoxy groups -OCH3 is 1. The summed E-state index contributed by atoms with van der Waals surface area (Å²) in [6, 6.07) is 7.50. The largest absolute Gasteiger partial charge is 0.494 e. The topological polar surface area (TPSA) is 82.1 Å². The van der Waals surface area contributed by atoms with Gasteiger partial charge in [-0.25, -0.2) is 4.79 Å². The van der Waals surface area contributed by atoms with E-state index in [2.05, 4.69) is 20.7 Å². The molecule has 0 aliphatic carbocycles. The maximum Gasteiger partial charge on any atom is 0.333 e. The summed E-state index contributed by atoms with van der Waals surface area (Å²) in [5, 5.41) is 0.563. The second kappa shape index (κ2) is 11.8. The Morgan fingerprint density at radius 1 is 1.29 bits per heavy atom. The van der Waals surface area contributed by atoms with Gasteiger partial charge in [-0.15, -0.1) is 0 Å². The van der Waals surface area contributed by atoms with Crippen LogP contribution in [0.1, 0.15) is 19.3 Å². The normalized spacial score (nSPS) is 15.0. The van der Waals surface area contributed by atoms with Crippen molar-refractivity contribution < 1.29 is 28.6 Å². The summed E-state index contributed by atoms with van der Waals surface area (Å²) in [5.41, 5.74) is 0. The van der Waals surface area contributed by atoms with Gasteiger partial charge in [0, 0.05) is 17.4 Å². The molecule has 0 radical (unpaired) electrons. The van der Waals surface area contributed by atoms with Crippen molar-refractivity contribution in [3.05, 3.63) is 39.8 Å². The van der Waals surface area contributed by atoms with Crippen LogP contribution in [0.3, 0.4) is 0 Å². The third-order valence-corrected chi connectivity index (χ3v) is 5.25. The van der Waals surface area contributed by atoms with E-state index >= 15 is 0 Å². The molecule has 1 aliphatic heterocycles. The van der Waals surface area contributed by atoms with Crippen LogP contribution in [0.2, 0.25) is 0 Å². The molecule has 1 fully saturated rings. The molecule has 0 N–H and O–H groups in total. The number of ether oxygens (including phenoxy) is 3. The molecule has 9 heteroatoms. The van der Waals surface area contributed by atoms with Gasteiger partial charge in [-0.1, -0.05) is 33.8 Å². The van der Waals surface area contributed by atoms with Crippen LogP contribution >= 0.6 is 27.7 Å². The summed E-state index contributed by atoms with van der Waals surface area (Å²) in [5.74, 6) is 0.160. The van der Waals surface area contributed by atoms with Gasteiger partial charge in [0.25, 0.3) is 0 Å². The highest BCUT2D eigenvalue weighted by molar-refractivity contribution is 9.10. The van der Waals surface area contributed by atoms with Gasteiger partial charge in [0.05, 0.1) is 37.2 Å². The van der Waals surface area contributed by atoms with Crippen LogP contribution in [0.4, 0.5) is 0 Å². The van der Waals surface area contributed by atoms with E-state index < -0.39 is 5.97 Å². The maximum absolute atomic E-state index is 11.9. The molecule has 0 spiro atoms. The number of halogens is 1. The Labute approximate surface area is 176 Å². The lowest BCUT2D eigenvalue weighted by Crippen LogP contribution is -2.27. The molecule has 0 bridgehead atoms. The summed E-state index contributed by atoms with van der Waals surface area (Å²) in [7, 11) is 1.29. The van der Waals surface area contributed by atoms with Crippen molar-refractivity contribution in [1.82, 2.24) is 4.90 Å². The lowest BCUT2D eigenvalue weighted by Gasteiger charge is -2.16. The highest BCUT2D eigenvalue weighted by Gasteiger charge is 2.26. The van der Waals surface area contributed by atoms with Gasteiger partial charge in [0.1, 0.15) is 5.75 Å². The Hall–Kier alpha value is -2.00. The molecule has 1 saturated heterocycles. The number of hydrogen-bond acceptors (Lipinski definition) is 7. The summed E-state index contributed by atoms with van der Waals surface area (Å²) < 4.78 is 16.3. The van der Waals surface area contributed by atoms with Gasteiger partial charge < -0.3 is 19.1 Å². The number of benzene rings is 1. The number of thioether (sulfide) groups is 1. The lowest BCUT2D eigenvalue weighted by molar-refractivity contribution is -0.144. The van der Waals surface area contributed by atoms with Gasteiger partial charge in [-0.05, 0) is 31.0 Å². The fraction of sp³-hybridized carbons (Fsp3) is 0.421. The van der Waals surface area contributed by atoms with Crippen LogP contribution in [-0.2, 0) is 23.9 Å². The number of amides is 1. The Balaban J connectivity index is 1.60. The number of rotatable bonds is 10. The zero-order chi connectivity index (χ0) is 20.4. The average Bonchev–Trinajstić information content (AvgIpc) is 3.02. The molecule has 28 heavy (non-hydrogen) atoms. The van der Waals surface area contributed by atoms with Crippen LogP contribution in [0, 0.1) is 0 Å². The molecule has 2 rings (SSSR count). The molecule has 1 aliphatic rings. The van der Waals surface area contributed by atoms with Crippen molar-refractivity contribution >= 4 is 45.5 Å². The number of carbonyl (C=O) groups excluding carboxylic acids is 3. The molecular weight excluding hydrogens is 450 g/mol. The number of carbonyl (C=O) groups is 3. The first-order valence-corrected chi connectivity index (χ1v) is 10.5. The van der Waals surface area contributed by atoms with Crippen LogP contribution in [0.5, 0.6) is 5.75 Å². The monoisotopic (exact) mass is 471 g/mol. The third-order valence-electron chi connectivity index (χ3n) is 3.73. The SMILES string of the molecule is COC(=O)/C=C1/SCC(=O)N1CCCOC(=O)CCCOc1cccc(Br)c1. The number of esters is 2. The van der Waals surface area contributed by atoms with Crippen molar-refractivity contribution in [2.45, 2.75) is 19.3 Å². The zero-order valence-electron chi connectivity index (χ0n) is 15.5.